The van der Waals surface area contributed by atoms with Crippen LogP contribution < -0.4 is 0 Å². The van der Waals surface area contributed by atoms with Crippen molar-refractivity contribution in [1.29, 1.82) is 0 Å². The van der Waals surface area contributed by atoms with Crippen molar-refractivity contribution in [3.05, 3.63) is 71.8 Å². The first-order valence-electron chi connectivity index (χ1n) is 9.58. The SMILES string of the molecule is CN(C)CC[C@H](OC(=O)C1(c2ccccc2)CCCC1)c1ccccc1. The van der Waals surface area contributed by atoms with Gasteiger partial charge < -0.3 is 9.64 Å². The minimum absolute atomic E-state index is 0.0613. The van der Waals surface area contributed by atoms with Gasteiger partial charge in [0, 0.05) is 13.0 Å². The maximum absolute atomic E-state index is 13.4. The molecule has 0 saturated heterocycles. The highest BCUT2D eigenvalue weighted by atomic mass is 16.5. The fourth-order valence-corrected chi connectivity index (χ4v) is 3.93. The van der Waals surface area contributed by atoms with Crippen molar-refractivity contribution < 1.29 is 9.53 Å². The number of nitrogens with zero attached hydrogens (tertiary/aromatic N) is 1. The molecule has 26 heavy (non-hydrogen) atoms. The van der Waals surface area contributed by atoms with E-state index in [-0.39, 0.29) is 12.1 Å². The Balaban J connectivity index is 1.83. The van der Waals surface area contributed by atoms with Gasteiger partial charge >= 0.3 is 5.97 Å². The first-order chi connectivity index (χ1) is 12.6. The van der Waals surface area contributed by atoms with Crippen molar-refractivity contribution in [2.45, 2.75) is 43.6 Å². The molecule has 1 aliphatic rings. The summed E-state index contributed by atoms with van der Waals surface area (Å²) in [7, 11) is 4.10. The Labute approximate surface area is 157 Å². The molecule has 3 nitrogen and oxygen atoms in total. The summed E-state index contributed by atoms with van der Waals surface area (Å²) in [5, 5.41) is 0. The van der Waals surface area contributed by atoms with E-state index in [1.807, 2.05) is 50.5 Å². The van der Waals surface area contributed by atoms with E-state index in [0.29, 0.717) is 0 Å². The summed E-state index contributed by atoms with van der Waals surface area (Å²) < 4.78 is 6.16. The summed E-state index contributed by atoms with van der Waals surface area (Å²) in [6.07, 6.45) is 4.52. The van der Waals surface area contributed by atoms with E-state index in [9.17, 15) is 4.79 Å². The molecular formula is C23H29NO2. The van der Waals surface area contributed by atoms with Crippen LogP contribution in [-0.4, -0.2) is 31.5 Å². The second-order valence-corrected chi connectivity index (χ2v) is 7.55. The van der Waals surface area contributed by atoms with Crippen LogP contribution in [0.3, 0.4) is 0 Å². The van der Waals surface area contributed by atoms with Gasteiger partial charge in [0.2, 0.25) is 0 Å². The molecule has 0 amide bonds. The number of hydrogen-bond donors (Lipinski definition) is 0. The lowest BCUT2D eigenvalue weighted by Crippen LogP contribution is -2.36. The highest BCUT2D eigenvalue weighted by Gasteiger charge is 2.44. The second kappa shape index (κ2) is 8.50. The quantitative estimate of drug-likeness (QED) is 0.675. The predicted molar refractivity (Wildman–Crippen MR) is 105 cm³/mol. The number of hydrogen-bond acceptors (Lipinski definition) is 3. The summed E-state index contributed by atoms with van der Waals surface area (Å²) in [6, 6.07) is 20.3. The molecule has 1 fully saturated rings. The van der Waals surface area contributed by atoms with Crippen LogP contribution in [0.2, 0.25) is 0 Å². The lowest BCUT2D eigenvalue weighted by Gasteiger charge is -2.30. The summed E-state index contributed by atoms with van der Waals surface area (Å²) >= 11 is 0. The first-order valence-corrected chi connectivity index (χ1v) is 9.58. The highest BCUT2D eigenvalue weighted by Crippen LogP contribution is 2.43. The first kappa shape index (κ1) is 18.7. The van der Waals surface area contributed by atoms with Crippen LogP contribution in [0.1, 0.15) is 49.3 Å². The molecule has 0 heterocycles. The Kier molecular flexibility index (Phi) is 6.10. The van der Waals surface area contributed by atoms with Crippen molar-refractivity contribution in [3.63, 3.8) is 0 Å². The van der Waals surface area contributed by atoms with E-state index < -0.39 is 5.41 Å². The summed E-state index contributed by atoms with van der Waals surface area (Å²) in [5.41, 5.74) is 1.69. The van der Waals surface area contributed by atoms with E-state index >= 15 is 0 Å². The molecule has 3 heteroatoms. The van der Waals surface area contributed by atoms with Gasteiger partial charge in [-0.3, -0.25) is 4.79 Å². The molecule has 0 bridgehead atoms. The van der Waals surface area contributed by atoms with E-state index in [1.165, 1.54) is 0 Å². The number of benzene rings is 2. The molecule has 1 saturated carbocycles. The van der Waals surface area contributed by atoms with Gasteiger partial charge in [0.15, 0.2) is 0 Å². The average molecular weight is 351 g/mol. The Hall–Kier alpha value is -2.13. The van der Waals surface area contributed by atoms with Crippen LogP contribution in [0, 0.1) is 0 Å². The molecule has 0 aromatic heterocycles. The molecule has 0 aliphatic heterocycles. The van der Waals surface area contributed by atoms with Gasteiger partial charge in [-0.15, -0.1) is 0 Å². The summed E-state index contributed by atoms with van der Waals surface area (Å²) in [4.78, 5) is 15.5. The number of rotatable bonds is 7. The Morgan fingerprint density at radius 1 is 1.00 bits per heavy atom. The number of carbonyl (C=O) groups is 1. The van der Waals surface area contributed by atoms with Crippen molar-refractivity contribution in [3.8, 4) is 0 Å². The molecule has 2 aromatic rings. The Bertz CT molecular complexity index is 691. The van der Waals surface area contributed by atoms with Crippen molar-refractivity contribution in [1.82, 2.24) is 4.90 Å². The van der Waals surface area contributed by atoms with Crippen LogP contribution >= 0.6 is 0 Å². The maximum Gasteiger partial charge on any atom is 0.317 e. The number of carbonyl (C=O) groups excluding carboxylic acids is 1. The summed E-state index contributed by atoms with van der Waals surface area (Å²) in [5.74, 6) is -0.0613. The largest absolute Gasteiger partial charge is 0.457 e. The van der Waals surface area contributed by atoms with E-state index in [1.54, 1.807) is 0 Å². The third-order valence-corrected chi connectivity index (χ3v) is 5.43. The number of esters is 1. The maximum atomic E-state index is 13.4. The lowest BCUT2D eigenvalue weighted by atomic mass is 9.79. The minimum Gasteiger partial charge on any atom is -0.457 e. The average Bonchev–Trinajstić information content (AvgIpc) is 3.17. The van der Waals surface area contributed by atoms with Crippen LogP contribution in [0.25, 0.3) is 0 Å². The van der Waals surface area contributed by atoms with E-state index in [4.69, 9.17) is 4.74 Å². The Morgan fingerprint density at radius 3 is 2.15 bits per heavy atom. The van der Waals surface area contributed by atoms with Crippen LogP contribution in [0.15, 0.2) is 60.7 Å². The molecule has 0 radical (unpaired) electrons. The number of ether oxygens (including phenoxy) is 1. The van der Waals surface area contributed by atoms with E-state index in [2.05, 4.69) is 29.2 Å². The zero-order chi connectivity index (χ0) is 18.4. The lowest BCUT2D eigenvalue weighted by molar-refractivity contribution is -0.157. The van der Waals surface area contributed by atoms with Crippen molar-refractivity contribution >= 4 is 5.97 Å². The predicted octanol–water partition coefficient (Wildman–Crippen LogP) is 4.73. The van der Waals surface area contributed by atoms with Gasteiger partial charge in [-0.25, -0.2) is 0 Å². The van der Waals surface area contributed by atoms with E-state index in [0.717, 1.165) is 49.8 Å². The fraction of sp³-hybridized carbons (Fsp3) is 0.435. The van der Waals surface area contributed by atoms with Crippen molar-refractivity contribution in [2.24, 2.45) is 0 Å². The van der Waals surface area contributed by atoms with Gasteiger partial charge in [-0.2, -0.15) is 0 Å². The smallest absolute Gasteiger partial charge is 0.317 e. The molecule has 138 valence electrons. The molecule has 2 aromatic carbocycles. The molecule has 0 spiro atoms. The highest BCUT2D eigenvalue weighted by molar-refractivity contribution is 5.84. The van der Waals surface area contributed by atoms with Crippen LogP contribution in [0.5, 0.6) is 0 Å². The van der Waals surface area contributed by atoms with Gasteiger partial charge in [-0.05, 0) is 38.1 Å². The molecule has 1 atom stereocenters. The third kappa shape index (κ3) is 4.16. The van der Waals surface area contributed by atoms with Gasteiger partial charge in [0.05, 0.1) is 5.41 Å². The second-order valence-electron chi connectivity index (χ2n) is 7.55. The van der Waals surface area contributed by atoms with Crippen LogP contribution in [0.4, 0.5) is 0 Å². The Morgan fingerprint density at radius 2 is 1.58 bits per heavy atom. The third-order valence-electron chi connectivity index (χ3n) is 5.43. The van der Waals surface area contributed by atoms with Crippen LogP contribution in [-0.2, 0) is 14.9 Å². The minimum atomic E-state index is -0.480. The van der Waals surface area contributed by atoms with Gasteiger partial charge in [0.1, 0.15) is 6.10 Å². The zero-order valence-electron chi connectivity index (χ0n) is 15.9. The van der Waals surface area contributed by atoms with Gasteiger partial charge in [-0.1, -0.05) is 73.5 Å². The zero-order valence-corrected chi connectivity index (χ0v) is 15.9. The normalized spacial score (nSPS) is 17.2. The molecule has 3 rings (SSSR count). The molecule has 0 unspecified atom stereocenters. The fourth-order valence-electron chi connectivity index (χ4n) is 3.93. The monoisotopic (exact) mass is 351 g/mol. The summed E-state index contributed by atoms with van der Waals surface area (Å²) in [6.45, 7) is 0.880. The van der Waals surface area contributed by atoms with Crippen molar-refractivity contribution in [2.75, 3.05) is 20.6 Å². The molecular weight excluding hydrogens is 322 g/mol. The molecule has 0 N–H and O–H groups in total. The standard InChI is InChI=1S/C23H29NO2/c1-24(2)18-15-21(19-11-5-3-6-12-19)26-22(25)23(16-9-10-17-23)20-13-7-4-8-14-20/h3-8,11-14,21H,9-10,15-18H2,1-2H3/t21-/m0/s1. The molecule has 1 aliphatic carbocycles. The topological polar surface area (TPSA) is 29.5 Å². The van der Waals surface area contributed by atoms with Gasteiger partial charge in [0.25, 0.3) is 0 Å².